The summed E-state index contributed by atoms with van der Waals surface area (Å²) >= 11 is 0. The van der Waals surface area contributed by atoms with Gasteiger partial charge in [-0.3, -0.25) is 9.78 Å². The largest absolute Gasteiger partial charge is 0.497 e. The van der Waals surface area contributed by atoms with Crippen molar-refractivity contribution >= 4 is 11.6 Å². The molecule has 1 aromatic carbocycles. The highest BCUT2D eigenvalue weighted by Crippen LogP contribution is 2.37. The van der Waals surface area contributed by atoms with Gasteiger partial charge in [0.1, 0.15) is 5.75 Å². The van der Waals surface area contributed by atoms with Crippen LogP contribution >= 0.6 is 0 Å². The molecule has 1 aliphatic heterocycles. The van der Waals surface area contributed by atoms with E-state index in [9.17, 15) is 4.79 Å². The summed E-state index contributed by atoms with van der Waals surface area (Å²) in [6.45, 7) is 0.904. The van der Waals surface area contributed by atoms with E-state index in [0.29, 0.717) is 5.56 Å². The van der Waals surface area contributed by atoms with Crippen LogP contribution in [0.15, 0.2) is 42.7 Å². The van der Waals surface area contributed by atoms with Gasteiger partial charge in [-0.2, -0.15) is 0 Å². The topological polar surface area (TPSA) is 68.4 Å². The van der Waals surface area contributed by atoms with Gasteiger partial charge in [0, 0.05) is 18.9 Å². The van der Waals surface area contributed by atoms with Crippen LogP contribution in [0.5, 0.6) is 5.75 Å². The average Bonchev–Trinajstić information content (AvgIpc) is 3.04. The Morgan fingerprint density at radius 1 is 1.32 bits per heavy atom. The fourth-order valence-electron chi connectivity index (χ4n) is 3.06. The number of primary amides is 1. The number of hydrogen-bond donors (Lipinski definition) is 1. The number of anilines is 1. The second-order valence-corrected chi connectivity index (χ2v) is 5.38. The van der Waals surface area contributed by atoms with Gasteiger partial charge < -0.3 is 15.4 Å². The maximum atomic E-state index is 11.6. The van der Waals surface area contributed by atoms with E-state index in [0.717, 1.165) is 30.8 Å². The number of nitrogens with two attached hydrogens (primary N) is 1. The molecule has 0 spiro atoms. The molecule has 1 fully saturated rings. The van der Waals surface area contributed by atoms with Crippen molar-refractivity contribution < 1.29 is 9.53 Å². The number of rotatable bonds is 4. The highest BCUT2D eigenvalue weighted by Gasteiger charge is 2.28. The number of ether oxygens (including phenoxy) is 1. The Hall–Kier alpha value is -2.56. The van der Waals surface area contributed by atoms with E-state index in [1.807, 2.05) is 18.2 Å². The minimum Gasteiger partial charge on any atom is -0.497 e. The van der Waals surface area contributed by atoms with Crippen molar-refractivity contribution in [3.8, 4) is 5.75 Å². The highest BCUT2D eigenvalue weighted by atomic mass is 16.5. The summed E-state index contributed by atoms with van der Waals surface area (Å²) in [5.74, 6) is 0.401. The molecule has 0 saturated carbocycles. The Balaban J connectivity index is 1.94. The number of methoxy groups -OCH3 is 1. The number of carbonyl (C=O) groups is 1. The van der Waals surface area contributed by atoms with E-state index in [2.05, 4.69) is 22.0 Å². The summed E-state index contributed by atoms with van der Waals surface area (Å²) in [6.07, 6.45) is 5.37. The van der Waals surface area contributed by atoms with Crippen molar-refractivity contribution in [1.29, 1.82) is 0 Å². The molecule has 22 heavy (non-hydrogen) atoms. The van der Waals surface area contributed by atoms with E-state index in [1.165, 1.54) is 5.56 Å². The van der Waals surface area contributed by atoms with Crippen LogP contribution in [0.4, 0.5) is 5.69 Å². The number of hydrogen-bond acceptors (Lipinski definition) is 4. The summed E-state index contributed by atoms with van der Waals surface area (Å²) in [4.78, 5) is 17.9. The summed E-state index contributed by atoms with van der Waals surface area (Å²) in [5, 5.41) is 0. The molecule has 1 amide bonds. The summed E-state index contributed by atoms with van der Waals surface area (Å²) < 4.78 is 5.21. The quantitative estimate of drug-likeness (QED) is 0.941. The number of pyridine rings is 1. The van der Waals surface area contributed by atoms with E-state index >= 15 is 0 Å². The van der Waals surface area contributed by atoms with Gasteiger partial charge in [0.15, 0.2) is 0 Å². The SMILES string of the molecule is COc1ccc([C@H]2CCCN2c2ccncc2C(N)=O)cc1. The fraction of sp³-hybridized carbons (Fsp3) is 0.294. The van der Waals surface area contributed by atoms with Gasteiger partial charge in [-0.15, -0.1) is 0 Å². The van der Waals surface area contributed by atoms with Crippen molar-refractivity contribution in [2.45, 2.75) is 18.9 Å². The smallest absolute Gasteiger partial charge is 0.252 e. The molecule has 2 aromatic rings. The minimum absolute atomic E-state index is 0.242. The molecule has 1 aliphatic rings. The van der Waals surface area contributed by atoms with Gasteiger partial charge >= 0.3 is 0 Å². The molecule has 0 radical (unpaired) electrons. The molecule has 2 N–H and O–H groups in total. The second-order valence-electron chi connectivity index (χ2n) is 5.38. The van der Waals surface area contributed by atoms with E-state index in [1.54, 1.807) is 19.5 Å². The van der Waals surface area contributed by atoms with Crippen LogP contribution in [-0.2, 0) is 0 Å². The first-order valence-corrected chi connectivity index (χ1v) is 7.35. The first-order chi connectivity index (χ1) is 10.7. The van der Waals surface area contributed by atoms with Crippen LogP contribution < -0.4 is 15.4 Å². The standard InChI is InChI=1S/C17H19N3O2/c1-22-13-6-4-12(5-7-13)15-3-2-10-20(15)16-8-9-19-11-14(16)17(18)21/h4-9,11,15H,2-3,10H2,1H3,(H2,18,21)/t15-/m1/s1. The highest BCUT2D eigenvalue weighted by molar-refractivity contribution is 5.98. The normalized spacial score (nSPS) is 17.5. The molecule has 1 aromatic heterocycles. The summed E-state index contributed by atoms with van der Waals surface area (Å²) in [7, 11) is 1.66. The van der Waals surface area contributed by atoms with E-state index < -0.39 is 5.91 Å². The fourth-order valence-corrected chi connectivity index (χ4v) is 3.06. The molecular formula is C17H19N3O2. The lowest BCUT2D eigenvalue weighted by atomic mass is 10.0. The Kier molecular flexibility index (Phi) is 3.96. The van der Waals surface area contributed by atoms with Crippen molar-refractivity contribution in [3.05, 3.63) is 53.9 Å². The van der Waals surface area contributed by atoms with Crippen LogP contribution in [0.1, 0.15) is 34.8 Å². The summed E-state index contributed by atoms with van der Waals surface area (Å²) in [5.41, 5.74) is 8.03. The third-order valence-corrected chi connectivity index (χ3v) is 4.13. The second kappa shape index (κ2) is 6.05. The number of nitrogens with zero attached hydrogens (tertiary/aromatic N) is 2. The maximum Gasteiger partial charge on any atom is 0.252 e. The molecule has 1 atom stereocenters. The first-order valence-electron chi connectivity index (χ1n) is 7.35. The molecule has 5 heteroatoms. The summed E-state index contributed by atoms with van der Waals surface area (Å²) in [6, 6.07) is 10.2. The van der Waals surface area contributed by atoms with Crippen LogP contribution in [0, 0.1) is 0 Å². The molecular weight excluding hydrogens is 278 g/mol. The monoisotopic (exact) mass is 297 g/mol. The molecule has 0 aliphatic carbocycles. The van der Waals surface area contributed by atoms with Gasteiger partial charge in [-0.1, -0.05) is 12.1 Å². The number of carbonyl (C=O) groups excluding carboxylic acids is 1. The van der Waals surface area contributed by atoms with Gasteiger partial charge in [-0.25, -0.2) is 0 Å². The van der Waals surface area contributed by atoms with E-state index in [-0.39, 0.29) is 6.04 Å². The van der Waals surface area contributed by atoms with Gasteiger partial charge in [0.05, 0.1) is 24.4 Å². The Morgan fingerprint density at radius 2 is 2.09 bits per heavy atom. The predicted octanol–water partition coefficient (Wildman–Crippen LogP) is 2.53. The van der Waals surface area contributed by atoms with Crippen LogP contribution in [0.25, 0.3) is 0 Å². The number of benzene rings is 1. The molecule has 2 heterocycles. The number of aromatic nitrogens is 1. The lowest BCUT2D eigenvalue weighted by molar-refractivity contribution is 0.100. The van der Waals surface area contributed by atoms with Gasteiger partial charge in [-0.05, 0) is 36.6 Å². The first kappa shape index (κ1) is 14.4. The molecule has 114 valence electrons. The lowest BCUT2D eigenvalue weighted by Crippen LogP contribution is -2.26. The molecule has 5 nitrogen and oxygen atoms in total. The predicted molar refractivity (Wildman–Crippen MR) is 85.1 cm³/mol. The minimum atomic E-state index is -0.441. The third-order valence-electron chi connectivity index (χ3n) is 4.13. The Labute approximate surface area is 129 Å². The maximum absolute atomic E-state index is 11.6. The van der Waals surface area contributed by atoms with Gasteiger partial charge in [0.25, 0.3) is 5.91 Å². The number of amides is 1. The van der Waals surface area contributed by atoms with Crippen LogP contribution in [-0.4, -0.2) is 24.5 Å². The van der Waals surface area contributed by atoms with Crippen molar-refractivity contribution in [2.24, 2.45) is 5.73 Å². The average molecular weight is 297 g/mol. The molecule has 0 bridgehead atoms. The lowest BCUT2D eigenvalue weighted by Gasteiger charge is -2.28. The van der Waals surface area contributed by atoms with E-state index in [4.69, 9.17) is 10.5 Å². The zero-order valence-corrected chi connectivity index (χ0v) is 12.5. The van der Waals surface area contributed by atoms with Crippen molar-refractivity contribution in [3.63, 3.8) is 0 Å². The van der Waals surface area contributed by atoms with Crippen LogP contribution in [0.2, 0.25) is 0 Å². The van der Waals surface area contributed by atoms with Gasteiger partial charge in [0.2, 0.25) is 0 Å². The zero-order chi connectivity index (χ0) is 15.5. The van der Waals surface area contributed by atoms with Crippen molar-refractivity contribution in [1.82, 2.24) is 4.98 Å². The molecule has 0 unspecified atom stereocenters. The molecule has 3 rings (SSSR count). The molecule has 1 saturated heterocycles. The Morgan fingerprint density at radius 3 is 2.77 bits per heavy atom. The zero-order valence-electron chi connectivity index (χ0n) is 12.5. The Bertz CT molecular complexity index is 670. The third kappa shape index (κ3) is 2.62. The van der Waals surface area contributed by atoms with Crippen molar-refractivity contribution in [2.75, 3.05) is 18.6 Å². The van der Waals surface area contributed by atoms with Crippen LogP contribution in [0.3, 0.4) is 0 Å².